The van der Waals surface area contributed by atoms with Gasteiger partial charge in [-0.3, -0.25) is 4.79 Å². The molecule has 1 amide bonds. The minimum Gasteiger partial charge on any atom is -0.476 e. The van der Waals surface area contributed by atoms with Crippen LogP contribution >= 0.6 is 11.3 Å². The third-order valence-corrected chi connectivity index (χ3v) is 3.55. The average molecular weight is 311 g/mol. The van der Waals surface area contributed by atoms with Crippen LogP contribution in [-0.4, -0.2) is 33.7 Å². The molecule has 4 N–H and O–H groups in total. The third-order valence-electron chi connectivity index (χ3n) is 2.52. The quantitative estimate of drug-likeness (QED) is 0.777. The summed E-state index contributed by atoms with van der Waals surface area (Å²) in [6.45, 7) is 1.94. The predicted octanol–water partition coefficient (Wildman–Crippen LogP) is 1.30. The van der Waals surface area contributed by atoms with Gasteiger partial charge in [-0.25, -0.2) is 9.78 Å². The van der Waals surface area contributed by atoms with Gasteiger partial charge in [-0.15, -0.1) is 11.3 Å². The standard InChI is InChI=1S/C10H12F3N3O3S/c1-4(6-16-5(3-20-6)7(17)18)15-8(19)9(2,14)10(11,12)13/h3-4H,14H2,1-2H3,(H,15,19)(H,17,18). The summed E-state index contributed by atoms with van der Waals surface area (Å²) in [5, 5.41) is 12.2. The molecule has 0 saturated carbocycles. The SMILES string of the molecule is CC(NC(=O)C(C)(N)C(F)(F)F)c1nc(C(=O)O)cs1. The molecule has 0 spiro atoms. The van der Waals surface area contributed by atoms with Crippen molar-refractivity contribution in [3.8, 4) is 0 Å². The Labute approximate surface area is 115 Å². The van der Waals surface area contributed by atoms with E-state index in [1.807, 2.05) is 0 Å². The van der Waals surface area contributed by atoms with Gasteiger partial charge in [-0.1, -0.05) is 0 Å². The molecule has 0 aliphatic rings. The molecule has 0 radical (unpaired) electrons. The van der Waals surface area contributed by atoms with E-state index in [-0.39, 0.29) is 10.7 Å². The maximum absolute atomic E-state index is 12.6. The maximum Gasteiger partial charge on any atom is 0.415 e. The second-order valence-electron chi connectivity index (χ2n) is 4.27. The maximum atomic E-state index is 12.6. The molecule has 0 bridgehead atoms. The molecule has 2 atom stereocenters. The van der Waals surface area contributed by atoms with Gasteiger partial charge in [-0.2, -0.15) is 13.2 Å². The van der Waals surface area contributed by atoms with Gasteiger partial charge in [-0.05, 0) is 13.8 Å². The zero-order chi connectivity index (χ0) is 15.7. The summed E-state index contributed by atoms with van der Waals surface area (Å²) in [6.07, 6.45) is -4.90. The monoisotopic (exact) mass is 311 g/mol. The first-order valence-electron chi connectivity index (χ1n) is 5.32. The van der Waals surface area contributed by atoms with Crippen molar-refractivity contribution in [2.45, 2.75) is 31.6 Å². The number of amides is 1. The Morgan fingerprint density at radius 1 is 1.50 bits per heavy atom. The Balaban J connectivity index is 2.82. The van der Waals surface area contributed by atoms with Crippen LogP contribution in [0.4, 0.5) is 13.2 Å². The summed E-state index contributed by atoms with van der Waals surface area (Å²) in [6, 6.07) is -0.883. The van der Waals surface area contributed by atoms with Crippen molar-refractivity contribution in [2.75, 3.05) is 0 Å². The van der Waals surface area contributed by atoms with E-state index in [9.17, 15) is 22.8 Å². The largest absolute Gasteiger partial charge is 0.476 e. The van der Waals surface area contributed by atoms with Crippen molar-refractivity contribution in [3.05, 3.63) is 16.1 Å². The molecule has 0 fully saturated rings. The van der Waals surface area contributed by atoms with Crippen LogP contribution < -0.4 is 11.1 Å². The number of nitrogens with one attached hydrogen (secondary N) is 1. The van der Waals surface area contributed by atoms with Gasteiger partial charge in [0.05, 0.1) is 6.04 Å². The number of thiazole rings is 1. The van der Waals surface area contributed by atoms with Crippen molar-refractivity contribution < 1.29 is 27.9 Å². The van der Waals surface area contributed by atoms with E-state index in [0.717, 1.165) is 11.3 Å². The van der Waals surface area contributed by atoms with Gasteiger partial charge in [0.2, 0.25) is 5.91 Å². The molecule has 10 heteroatoms. The fraction of sp³-hybridized carbons (Fsp3) is 0.500. The normalized spacial score (nSPS) is 16.3. The number of rotatable bonds is 4. The van der Waals surface area contributed by atoms with Gasteiger partial charge >= 0.3 is 12.1 Å². The van der Waals surface area contributed by atoms with Gasteiger partial charge in [0.15, 0.2) is 11.2 Å². The molecule has 0 aliphatic heterocycles. The number of alkyl halides is 3. The summed E-state index contributed by atoms with van der Waals surface area (Å²) in [5.41, 5.74) is 1.70. The smallest absolute Gasteiger partial charge is 0.415 e. The number of carboxylic acid groups (broad SMARTS) is 1. The average Bonchev–Trinajstić information content (AvgIpc) is 2.76. The zero-order valence-electron chi connectivity index (χ0n) is 10.5. The molecule has 0 aliphatic carbocycles. The number of nitrogens with zero attached hydrogens (tertiary/aromatic N) is 1. The van der Waals surface area contributed by atoms with Crippen LogP contribution in [0.15, 0.2) is 5.38 Å². The molecule has 2 unspecified atom stereocenters. The molecule has 0 aromatic carbocycles. The van der Waals surface area contributed by atoms with Crippen LogP contribution in [0.5, 0.6) is 0 Å². The summed E-state index contributed by atoms with van der Waals surface area (Å²) >= 11 is 0.917. The highest BCUT2D eigenvalue weighted by Gasteiger charge is 2.54. The van der Waals surface area contributed by atoms with Crippen LogP contribution in [0, 0.1) is 0 Å². The fourth-order valence-electron chi connectivity index (χ4n) is 1.12. The molecule has 1 aromatic rings. The molecule has 1 heterocycles. The third kappa shape index (κ3) is 3.25. The van der Waals surface area contributed by atoms with E-state index in [1.165, 1.54) is 12.3 Å². The van der Waals surface area contributed by atoms with Crippen LogP contribution in [0.25, 0.3) is 0 Å². The second-order valence-corrected chi connectivity index (χ2v) is 5.16. The van der Waals surface area contributed by atoms with Crippen LogP contribution in [0.3, 0.4) is 0 Å². The van der Waals surface area contributed by atoms with Crippen molar-refractivity contribution in [2.24, 2.45) is 5.73 Å². The summed E-state index contributed by atoms with van der Waals surface area (Å²) in [5.74, 6) is -2.67. The lowest BCUT2D eigenvalue weighted by Gasteiger charge is -2.27. The number of aromatic carboxylic acids is 1. The zero-order valence-corrected chi connectivity index (χ0v) is 11.3. The molecule has 1 rings (SSSR count). The Bertz CT molecular complexity index is 527. The number of hydrogen-bond acceptors (Lipinski definition) is 5. The minimum absolute atomic E-state index is 0.175. The number of aromatic nitrogens is 1. The molecule has 20 heavy (non-hydrogen) atoms. The molecular weight excluding hydrogens is 299 g/mol. The van der Waals surface area contributed by atoms with E-state index < -0.39 is 29.6 Å². The Hall–Kier alpha value is -1.68. The number of nitrogens with two attached hydrogens (primary N) is 1. The lowest BCUT2D eigenvalue weighted by atomic mass is 10.0. The first kappa shape index (κ1) is 16.4. The van der Waals surface area contributed by atoms with Crippen molar-refractivity contribution >= 4 is 23.2 Å². The van der Waals surface area contributed by atoms with Crippen LogP contribution in [-0.2, 0) is 4.79 Å². The Kier molecular flexibility index (Phi) is 4.39. The van der Waals surface area contributed by atoms with Gasteiger partial charge in [0, 0.05) is 5.38 Å². The lowest BCUT2D eigenvalue weighted by Crippen LogP contribution is -2.61. The van der Waals surface area contributed by atoms with Gasteiger partial charge in [0.1, 0.15) is 5.01 Å². The fourth-order valence-corrected chi connectivity index (χ4v) is 1.92. The first-order chi connectivity index (χ1) is 8.96. The number of carbonyl (C=O) groups excluding carboxylic acids is 1. The summed E-state index contributed by atoms with van der Waals surface area (Å²) < 4.78 is 37.7. The molecule has 1 aromatic heterocycles. The highest BCUT2D eigenvalue weighted by atomic mass is 32.1. The number of hydrogen-bond donors (Lipinski definition) is 3. The Morgan fingerprint density at radius 2 is 2.05 bits per heavy atom. The van der Waals surface area contributed by atoms with Crippen molar-refractivity contribution in [1.82, 2.24) is 10.3 Å². The number of halogens is 3. The summed E-state index contributed by atoms with van der Waals surface area (Å²) in [7, 11) is 0. The van der Waals surface area contributed by atoms with E-state index in [0.29, 0.717) is 6.92 Å². The van der Waals surface area contributed by atoms with Crippen LogP contribution in [0.1, 0.15) is 35.4 Å². The van der Waals surface area contributed by atoms with Gasteiger partial charge in [0.25, 0.3) is 0 Å². The van der Waals surface area contributed by atoms with E-state index in [4.69, 9.17) is 10.8 Å². The highest BCUT2D eigenvalue weighted by Crippen LogP contribution is 2.29. The minimum atomic E-state index is -4.90. The van der Waals surface area contributed by atoms with E-state index in [2.05, 4.69) is 10.3 Å². The topological polar surface area (TPSA) is 105 Å². The summed E-state index contributed by atoms with van der Waals surface area (Å²) in [4.78, 5) is 25.9. The van der Waals surface area contributed by atoms with E-state index >= 15 is 0 Å². The first-order valence-corrected chi connectivity index (χ1v) is 6.20. The molecule has 112 valence electrons. The number of carbonyl (C=O) groups is 2. The Morgan fingerprint density at radius 3 is 2.45 bits per heavy atom. The van der Waals surface area contributed by atoms with Crippen molar-refractivity contribution in [1.29, 1.82) is 0 Å². The van der Waals surface area contributed by atoms with Gasteiger partial charge < -0.3 is 16.2 Å². The molecular formula is C10H12F3N3O3S. The van der Waals surface area contributed by atoms with Crippen LogP contribution in [0.2, 0.25) is 0 Å². The predicted molar refractivity (Wildman–Crippen MR) is 64.3 cm³/mol. The van der Waals surface area contributed by atoms with Crippen molar-refractivity contribution in [3.63, 3.8) is 0 Å². The lowest BCUT2D eigenvalue weighted by molar-refractivity contribution is -0.187. The van der Waals surface area contributed by atoms with E-state index in [1.54, 1.807) is 0 Å². The second kappa shape index (κ2) is 5.37. The molecule has 0 saturated heterocycles. The number of carboxylic acids is 1. The molecule has 6 nitrogen and oxygen atoms in total. The highest BCUT2D eigenvalue weighted by molar-refractivity contribution is 7.09.